The van der Waals surface area contributed by atoms with Gasteiger partial charge in [-0.05, 0) is 49.8 Å². The van der Waals surface area contributed by atoms with Gasteiger partial charge in [-0.3, -0.25) is 4.90 Å². The molecule has 0 spiro atoms. The van der Waals surface area contributed by atoms with Crippen LogP contribution in [0, 0.1) is 6.92 Å². The van der Waals surface area contributed by atoms with Crippen LogP contribution < -0.4 is 4.74 Å². The summed E-state index contributed by atoms with van der Waals surface area (Å²) in [5, 5.41) is 9.82. The normalized spacial score (nSPS) is 28.2. The molecule has 1 saturated heterocycles. The van der Waals surface area contributed by atoms with Crippen LogP contribution in [0.25, 0.3) is 0 Å². The summed E-state index contributed by atoms with van der Waals surface area (Å²) in [4.78, 5) is 2.45. The van der Waals surface area contributed by atoms with Gasteiger partial charge in [0.25, 0.3) is 0 Å². The van der Waals surface area contributed by atoms with E-state index in [4.69, 9.17) is 9.47 Å². The number of β-amino-alcohol motifs (C(OH)–C–C–N with tert-alkyl or cyclic N) is 1. The fourth-order valence-corrected chi connectivity index (χ4v) is 4.18. The average Bonchev–Trinajstić information content (AvgIpc) is 3.02. The molecule has 24 heavy (non-hydrogen) atoms. The van der Waals surface area contributed by atoms with Crippen LogP contribution in [0.3, 0.4) is 0 Å². The molecule has 0 amide bonds. The minimum Gasteiger partial charge on any atom is -0.496 e. The van der Waals surface area contributed by atoms with Gasteiger partial charge in [-0.2, -0.15) is 0 Å². The largest absolute Gasteiger partial charge is 0.496 e. The van der Waals surface area contributed by atoms with Crippen molar-refractivity contribution in [3.8, 4) is 5.75 Å². The lowest BCUT2D eigenvalue weighted by Gasteiger charge is -2.37. The Bertz CT molecular complexity index is 534. The van der Waals surface area contributed by atoms with Crippen LogP contribution in [0.1, 0.15) is 43.2 Å². The standard InChI is InChI=1S/C20H31NO3/c1-15-13-16(7-8-19(15)23-2)10-12-24-20-6-4-3-5-18(20)21-11-9-17(22)14-21/h7-8,13,17-18,20,22H,3-6,9-12,14H2,1-2H3/t17-,18?,20-/m1/s1. The molecule has 134 valence electrons. The molecule has 2 fully saturated rings. The maximum atomic E-state index is 9.82. The summed E-state index contributed by atoms with van der Waals surface area (Å²) >= 11 is 0. The number of aliphatic hydroxyl groups is 1. The van der Waals surface area contributed by atoms with Crippen molar-refractivity contribution in [3.05, 3.63) is 29.3 Å². The lowest BCUT2D eigenvalue weighted by atomic mass is 9.91. The molecule has 1 aliphatic carbocycles. The van der Waals surface area contributed by atoms with Crippen molar-refractivity contribution >= 4 is 0 Å². The van der Waals surface area contributed by atoms with E-state index in [1.807, 2.05) is 6.07 Å². The van der Waals surface area contributed by atoms with Gasteiger partial charge in [-0.15, -0.1) is 0 Å². The second-order valence-electron chi connectivity index (χ2n) is 7.25. The molecular formula is C20H31NO3. The van der Waals surface area contributed by atoms with Gasteiger partial charge in [0.15, 0.2) is 0 Å². The molecule has 1 unspecified atom stereocenters. The fourth-order valence-electron chi connectivity index (χ4n) is 4.18. The Morgan fingerprint density at radius 2 is 2.04 bits per heavy atom. The highest BCUT2D eigenvalue weighted by molar-refractivity contribution is 5.36. The van der Waals surface area contributed by atoms with E-state index >= 15 is 0 Å². The first-order valence-electron chi connectivity index (χ1n) is 9.34. The van der Waals surface area contributed by atoms with Crippen molar-refractivity contribution < 1.29 is 14.6 Å². The van der Waals surface area contributed by atoms with Crippen molar-refractivity contribution in [2.75, 3.05) is 26.8 Å². The van der Waals surface area contributed by atoms with E-state index in [1.165, 1.54) is 30.4 Å². The number of likely N-dealkylation sites (tertiary alicyclic amines) is 1. The first-order valence-corrected chi connectivity index (χ1v) is 9.34. The molecule has 0 bridgehead atoms. The first kappa shape index (κ1) is 17.7. The van der Waals surface area contributed by atoms with E-state index in [0.29, 0.717) is 12.1 Å². The molecule has 2 aliphatic rings. The summed E-state index contributed by atoms with van der Waals surface area (Å²) in [6.07, 6.45) is 6.94. The lowest BCUT2D eigenvalue weighted by molar-refractivity contribution is -0.0316. The summed E-state index contributed by atoms with van der Waals surface area (Å²) in [7, 11) is 1.71. The highest BCUT2D eigenvalue weighted by Gasteiger charge is 2.34. The van der Waals surface area contributed by atoms with Crippen LogP contribution in [0.4, 0.5) is 0 Å². The summed E-state index contributed by atoms with van der Waals surface area (Å²) in [6.45, 7) is 4.69. The molecule has 1 aromatic carbocycles. The predicted octanol–water partition coefficient (Wildman–Crippen LogP) is 2.94. The molecule has 1 aliphatic heterocycles. The van der Waals surface area contributed by atoms with Crippen LogP contribution in [0.5, 0.6) is 5.75 Å². The number of rotatable bonds is 6. The Balaban J connectivity index is 1.51. The van der Waals surface area contributed by atoms with Crippen molar-refractivity contribution in [2.24, 2.45) is 0 Å². The first-order chi connectivity index (χ1) is 11.7. The maximum Gasteiger partial charge on any atom is 0.121 e. The van der Waals surface area contributed by atoms with Crippen LogP contribution in [0.15, 0.2) is 18.2 Å². The zero-order chi connectivity index (χ0) is 16.9. The second kappa shape index (κ2) is 8.32. The van der Waals surface area contributed by atoms with Gasteiger partial charge >= 0.3 is 0 Å². The Morgan fingerprint density at radius 3 is 2.75 bits per heavy atom. The fraction of sp³-hybridized carbons (Fsp3) is 0.700. The number of aryl methyl sites for hydroxylation is 1. The number of hydrogen-bond acceptors (Lipinski definition) is 4. The number of hydrogen-bond donors (Lipinski definition) is 1. The third-order valence-corrected chi connectivity index (χ3v) is 5.51. The maximum absolute atomic E-state index is 9.82. The molecule has 1 saturated carbocycles. The smallest absolute Gasteiger partial charge is 0.121 e. The van der Waals surface area contributed by atoms with Gasteiger partial charge in [0.2, 0.25) is 0 Å². The van der Waals surface area contributed by atoms with Gasteiger partial charge in [-0.25, -0.2) is 0 Å². The van der Waals surface area contributed by atoms with Gasteiger partial charge in [-0.1, -0.05) is 25.0 Å². The van der Waals surface area contributed by atoms with Gasteiger partial charge in [0.1, 0.15) is 5.75 Å². The van der Waals surface area contributed by atoms with Crippen LogP contribution in [0.2, 0.25) is 0 Å². The molecule has 4 heteroatoms. The molecule has 1 heterocycles. The third kappa shape index (κ3) is 4.29. The highest BCUT2D eigenvalue weighted by Crippen LogP contribution is 2.28. The minimum atomic E-state index is -0.144. The molecule has 0 aromatic heterocycles. The van der Waals surface area contributed by atoms with Gasteiger partial charge in [0, 0.05) is 19.1 Å². The van der Waals surface area contributed by atoms with Crippen LogP contribution >= 0.6 is 0 Å². The predicted molar refractivity (Wildman–Crippen MR) is 95.6 cm³/mol. The monoisotopic (exact) mass is 333 g/mol. The van der Waals surface area contributed by atoms with Gasteiger partial charge < -0.3 is 14.6 Å². The van der Waals surface area contributed by atoms with Crippen molar-refractivity contribution in [2.45, 2.75) is 63.7 Å². The molecule has 3 atom stereocenters. The molecule has 0 radical (unpaired) electrons. The van der Waals surface area contributed by atoms with E-state index < -0.39 is 0 Å². The SMILES string of the molecule is COc1ccc(CCO[C@@H]2CCCCC2N2CC[C@@H](O)C2)cc1C. The quantitative estimate of drug-likeness (QED) is 0.869. The Labute approximate surface area is 145 Å². The molecule has 1 N–H and O–H groups in total. The number of nitrogens with zero attached hydrogens (tertiary/aromatic N) is 1. The lowest BCUT2D eigenvalue weighted by Crippen LogP contribution is -2.46. The zero-order valence-electron chi connectivity index (χ0n) is 15.0. The van der Waals surface area contributed by atoms with Crippen LogP contribution in [-0.2, 0) is 11.2 Å². The molecule has 4 nitrogen and oxygen atoms in total. The van der Waals surface area contributed by atoms with Crippen molar-refractivity contribution in [3.63, 3.8) is 0 Å². The minimum absolute atomic E-state index is 0.144. The van der Waals surface area contributed by atoms with Crippen molar-refractivity contribution in [1.29, 1.82) is 0 Å². The molecule has 3 rings (SSSR count). The topological polar surface area (TPSA) is 41.9 Å². The van der Waals surface area contributed by atoms with Gasteiger partial charge in [0.05, 0.1) is 25.9 Å². The van der Waals surface area contributed by atoms with E-state index in [9.17, 15) is 5.11 Å². The average molecular weight is 333 g/mol. The van der Waals surface area contributed by atoms with Crippen molar-refractivity contribution in [1.82, 2.24) is 4.90 Å². The number of aliphatic hydroxyl groups excluding tert-OH is 1. The Kier molecular flexibility index (Phi) is 6.14. The van der Waals surface area contributed by atoms with Crippen LogP contribution in [-0.4, -0.2) is 55.1 Å². The molecule has 1 aromatic rings. The summed E-state index contributed by atoms with van der Waals surface area (Å²) in [5.74, 6) is 0.944. The van der Waals surface area contributed by atoms with E-state index in [-0.39, 0.29) is 6.10 Å². The van der Waals surface area contributed by atoms with E-state index in [0.717, 1.165) is 44.7 Å². The second-order valence-corrected chi connectivity index (χ2v) is 7.25. The third-order valence-electron chi connectivity index (χ3n) is 5.51. The zero-order valence-corrected chi connectivity index (χ0v) is 15.0. The Morgan fingerprint density at radius 1 is 1.21 bits per heavy atom. The summed E-state index contributed by atoms with van der Waals surface area (Å²) in [6, 6.07) is 6.86. The highest BCUT2D eigenvalue weighted by atomic mass is 16.5. The number of benzene rings is 1. The summed E-state index contributed by atoms with van der Waals surface area (Å²) in [5.41, 5.74) is 2.48. The number of methoxy groups -OCH3 is 1. The summed E-state index contributed by atoms with van der Waals surface area (Å²) < 4.78 is 11.6. The van der Waals surface area contributed by atoms with E-state index in [2.05, 4.69) is 24.0 Å². The number of ether oxygens (including phenoxy) is 2. The van der Waals surface area contributed by atoms with E-state index in [1.54, 1.807) is 7.11 Å². The molecular weight excluding hydrogens is 302 g/mol. The Hall–Kier alpha value is -1.10.